The van der Waals surface area contributed by atoms with E-state index >= 15 is 0 Å². The highest BCUT2D eigenvalue weighted by molar-refractivity contribution is 6.35. The molecule has 0 aliphatic heterocycles. The van der Waals surface area contributed by atoms with E-state index < -0.39 is 24.0 Å². The first kappa shape index (κ1) is 17.7. The number of halogens is 6. The molecule has 5 nitrogen and oxygen atoms in total. The molecule has 0 aliphatic carbocycles. The third-order valence-corrected chi connectivity index (χ3v) is 4.38. The first-order valence-corrected chi connectivity index (χ1v) is 7.93. The number of alkyl halides is 5. The van der Waals surface area contributed by atoms with Gasteiger partial charge in [-0.15, -0.1) is 5.10 Å². The molecule has 4 rings (SSSR count). The van der Waals surface area contributed by atoms with E-state index in [0.29, 0.717) is 10.9 Å². The minimum atomic E-state index is -4.81. The van der Waals surface area contributed by atoms with Crippen molar-refractivity contribution < 1.29 is 22.0 Å². The zero-order valence-electron chi connectivity index (χ0n) is 13.4. The number of aryl methyl sites for hydroxylation is 1. The molecule has 11 heteroatoms. The molecule has 0 fully saturated rings. The summed E-state index contributed by atoms with van der Waals surface area (Å²) in [5.74, 6) is -1.41. The van der Waals surface area contributed by atoms with Crippen LogP contribution in [0.2, 0.25) is 5.02 Å². The van der Waals surface area contributed by atoms with Crippen LogP contribution in [-0.2, 0) is 6.18 Å². The van der Waals surface area contributed by atoms with Crippen molar-refractivity contribution in [2.75, 3.05) is 0 Å². The van der Waals surface area contributed by atoms with Crippen molar-refractivity contribution in [1.82, 2.24) is 24.8 Å². The zero-order valence-corrected chi connectivity index (χ0v) is 14.2. The summed E-state index contributed by atoms with van der Waals surface area (Å²) in [5.41, 5.74) is -0.0430. The molecule has 3 aromatic heterocycles. The number of rotatable bonds is 2. The Bertz CT molecular complexity index is 1180. The molecule has 0 atom stereocenters. The second-order valence-corrected chi connectivity index (χ2v) is 6.30. The van der Waals surface area contributed by atoms with Gasteiger partial charge < -0.3 is 0 Å². The maximum atomic E-state index is 13.7. The number of hydrogen-bond donors (Lipinski definition) is 1. The number of pyridine rings is 1. The normalized spacial score (nSPS) is 12.6. The van der Waals surface area contributed by atoms with Crippen LogP contribution in [0.15, 0.2) is 24.4 Å². The van der Waals surface area contributed by atoms with Crippen molar-refractivity contribution in [3.63, 3.8) is 0 Å². The molecule has 4 aromatic rings. The lowest BCUT2D eigenvalue weighted by Gasteiger charge is -2.13. The van der Waals surface area contributed by atoms with Gasteiger partial charge >= 0.3 is 6.18 Å². The molecule has 0 saturated heterocycles. The minimum Gasteiger partial charge on any atom is -0.276 e. The highest BCUT2D eigenvalue weighted by Gasteiger charge is 2.37. The smallest absolute Gasteiger partial charge is 0.276 e. The van der Waals surface area contributed by atoms with Gasteiger partial charge in [-0.05, 0) is 30.7 Å². The summed E-state index contributed by atoms with van der Waals surface area (Å²) < 4.78 is 67.3. The van der Waals surface area contributed by atoms with Crippen molar-refractivity contribution in [2.45, 2.75) is 19.5 Å². The fourth-order valence-corrected chi connectivity index (χ4v) is 3.21. The van der Waals surface area contributed by atoms with E-state index in [4.69, 9.17) is 11.6 Å². The second-order valence-electron chi connectivity index (χ2n) is 5.89. The Kier molecular flexibility index (Phi) is 3.84. The Labute approximate surface area is 152 Å². The van der Waals surface area contributed by atoms with Crippen LogP contribution in [0.4, 0.5) is 22.0 Å². The van der Waals surface area contributed by atoms with E-state index in [1.807, 2.05) is 0 Å². The van der Waals surface area contributed by atoms with Gasteiger partial charge in [-0.25, -0.2) is 18.3 Å². The van der Waals surface area contributed by atoms with Crippen LogP contribution < -0.4 is 0 Å². The van der Waals surface area contributed by atoms with Gasteiger partial charge in [-0.3, -0.25) is 5.10 Å². The lowest BCUT2D eigenvalue weighted by Crippen LogP contribution is -2.08. The Morgan fingerprint density at radius 3 is 2.59 bits per heavy atom. The minimum absolute atomic E-state index is 0.146. The summed E-state index contributed by atoms with van der Waals surface area (Å²) in [4.78, 5) is 3.48. The van der Waals surface area contributed by atoms with E-state index in [9.17, 15) is 22.0 Å². The third-order valence-electron chi connectivity index (χ3n) is 4.08. The lowest BCUT2D eigenvalue weighted by molar-refractivity contribution is -0.144. The van der Waals surface area contributed by atoms with Crippen LogP contribution in [0, 0.1) is 6.92 Å². The first-order valence-electron chi connectivity index (χ1n) is 7.55. The molecule has 140 valence electrons. The Morgan fingerprint density at radius 2 is 1.93 bits per heavy atom. The van der Waals surface area contributed by atoms with Crippen LogP contribution >= 0.6 is 11.6 Å². The molecule has 0 bridgehead atoms. The summed E-state index contributed by atoms with van der Waals surface area (Å²) in [7, 11) is 0. The molecule has 0 spiro atoms. The summed E-state index contributed by atoms with van der Waals surface area (Å²) in [6.45, 7) is 1.39. The molecule has 1 N–H and O–H groups in total. The number of aromatic amines is 1. The molecule has 0 amide bonds. The fourth-order valence-electron chi connectivity index (χ4n) is 2.94. The van der Waals surface area contributed by atoms with Crippen molar-refractivity contribution in [2.24, 2.45) is 0 Å². The maximum absolute atomic E-state index is 13.7. The van der Waals surface area contributed by atoms with Crippen LogP contribution in [0.5, 0.6) is 0 Å². The topological polar surface area (TPSA) is 58.9 Å². The van der Waals surface area contributed by atoms with Gasteiger partial charge in [0.1, 0.15) is 0 Å². The lowest BCUT2D eigenvalue weighted by atomic mass is 10.0. The zero-order chi connectivity index (χ0) is 19.5. The average molecular weight is 402 g/mol. The Hall–Kier alpha value is -2.75. The van der Waals surface area contributed by atoms with Crippen molar-refractivity contribution >= 4 is 28.2 Å². The monoisotopic (exact) mass is 401 g/mol. The van der Waals surface area contributed by atoms with Crippen LogP contribution in [0.3, 0.4) is 0 Å². The maximum Gasteiger partial charge on any atom is 0.453 e. The van der Waals surface area contributed by atoms with E-state index in [2.05, 4.69) is 20.3 Å². The summed E-state index contributed by atoms with van der Waals surface area (Å²) in [6, 6.07) is 3.97. The number of nitrogens with one attached hydrogen (secondary N) is 1. The number of aromatic nitrogens is 5. The third kappa shape index (κ3) is 2.80. The molecular weight excluding hydrogens is 393 g/mol. The fraction of sp³-hybridized carbons (Fsp3) is 0.188. The molecule has 1 aromatic carbocycles. The molecule has 0 aliphatic rings. The average Bonchev–Trinajstić information content (AvgIpc) is 3.20. The van der Waals surface area contributed by atoms with Gasteiger partial charge in [0.2, 0.25) is 0 Å². The SMILES string of the molecule is Cc1cc(C(F)F)c(-c2cc(Cl)c3[nH]ncc3c2)n2nc(C(F)(F)F)nc12. The molecular formula is C16H9ClF5N5. The van der Waals surface area contributed by atoms with Gasteiger partial charge in [0.15, 0.2) is 5.65 Å². The number of fused-ring (bicyclic) bond motifs is 2. The van der Waals surface area contributed by atoms with Gasteiger partial charge in [0, 0.05) is 16.5 Å². The largest absolute Gasteiger partial charge is 0.453 e. The van der Waals surface area contributed by atoms with Crippen LogP contribution in [0.1, 0.15) is 23.4 Å². The van der Waals surface area contributed by atoms with E-state index in [0.717, 1.165) is 10.6 Å². The van der Waals surface area contributed by atoms with Gasteiger partial charge in [0.05, 0.1) is 22.4 Å². The number of benzene rings is 1. The molecule has 0 unspecified atom stereocenters. The summed E-state index contributed by atoms with van der Waals surface area (Å²) in [6.07, 6.45) is -6.33. The predicted molar refractivity (Wildman–Crippen MR) is 87.8 cm³/mol. The number of H-pyrrole nitrogens is 1. The standard InChI is InChI=1S/C16H9ClF5N5/c1-6-2-9(13(18)19)12(27-14(6)24-15(26-27)16(20,21)22)7-3-8-5-23-25-11(8)10(17)4-7/h2-5,13H,1H3,(H,23,25). The highest BCUT2D eigenvalue weighted by atomic mass is 35.5. The number of nitrogens with zero attached hydrogens (tertiary/aromatic N) is 4. The van der Waals surface area contributed by atoms with Gasteiger partial charge in [-0.2, -0.15) is 18.3 Å². The van der Waals surface area contributed by atoms with E-state index in [1.54, 1.807) is 0 Å². The summed E-state index contributed by atoms with van der Waals surface area (Å²) in [5, 5.41) is 10.6. The predicted octanol–water partition coefficient (Wildman–Crippen LogP) is 5.19. The van der Waals surface area contributed by atoms with Crippen LogP contribution in [-0.4, -0.2) is 24.8 Å². The van der Waals surface area contributed by atoms with Gasteiger partial charge in [0.25, 0.3) is 12.2 Å². The molecule has 3 heterocycles. The van der Waals surface area contributed by atoms with E-state index in [1.165, 1.54) is 25.3 Å². The quantitative estimate of drug-likeness (QED) is 0.470. The summed E-state index contributed by atoms with van der Waals surface area (Å²) >= 11 is 6.16. The second kappa shape index (κ2) is 5.88. The highest BCUT2D eigenvalue weighted by Crippen LogP contribution is 2.37. The van der Waals surface area contributed by atoms with Crippen molar-refractivity contribution in [1.29, 1.82) is 0 Å². The van der Waals surface area contributed by atoms with Crippen LogP contribution in [0.25, 0.3) is 27.8 Å². The van der Waals surface area contributed by atoms with Gasteiger partial charge in [-0.1, -0.05) is 11.6 Å². The molecule has 0 saturated carbocycles. The molecule has 27 heavy (non-hydrogen) atoms. The molecule has 0 radical (unpaired) electrons. The Morgan fingerprint density at radius 1 is 1.19 bits per heavy atom. The Balaban J connectivity index is 2.11. The number of hydrogen-bond acceptors (Lipinski definition) is 3. The van der Waals surface area contributed by atoms with E-state index in [-0.39, 0.29) is 27.5 Å². The van der Waals surface area contributed by atoms with Crippen molar-refractivity contribution in [3.05, 3.63) is 46.4 Å². The van der Waals surface area contributed by atoms with Crippen molar-refractivity contribution in [3.8, 4) is 11.3 Å². The first-order chi connectivity index (χ1) is 12.7.